The minimum absolute atomic E-state index is 0.124. The van der Waals surface area contributed by atoms with Gasteiger partial charge >= 0.3 is 0 Å². The van der Waals surface area contributed by atoms with E-state index < -0.39 is 30.2 Å². The fourth-order valence-corrected chi connectivity index (χ4v) is 5.69. The van der Waals surface area contributed by atoms with Crippen LogP contribution in [0.3, 0.4) is 0 Å². The Labute approximate surface area is 198 Å². The van der Waals surface area contributed by atoms with Crippen LogP contribution in [0.5, 0.6) is 0 Å². The Hall–Kier alpha value is -2.30. The van der Waals surface area contributed by atoms with E-state index >= 15 is 0 Å². The van der Waals surface area contributed by atoms with Gasteiger partial charge < -0.3 is 30.5 Å². The van der Waals surface area contributed by atoms with Crippen LogP contribution < -0.4 is 15.5 Å². The molecule has 1 saturated carbocycles. The van der Waals surface area contributed by atoms with Crippen LogP contribution in [-0.4, -0.2) is 89.8 Å². The molecule has 2 heterocycles. The smallest absolute Gasteiger partial charge is 0.225 e. The first-order chi connectivity index (χ1) is 16.0. The van der Waals surface area contributed by atoms with Gasteiger partial charge in [0.1, 0.15) is 6.10 Å². The van der Waals surface area contributed by atoms with Gasteiger partial charge in [0.05, 0.1) is 43.0 Å². The number of fused-ring (bicyclic) bond motifs is 2. The number of aliphatic hydroxyl groups is 2. The Morgan fingerprint density at radius 1 is 1.15 bits per heavy atom. The predicted octanol–water partition coefficient (Wildman–Crippen LogP) is 0.462. The quantitative estimate of drug-likeness (QED) is 0.468. The number of carbonyl (C=O) groups is 1. The van der Waals surface area contributed by atoms with Gasteiger partial charge in [0.15, 0.2) is 5.11 Å². The average molecular weight is 471 g/mol. The Morgan fingerprint density at radius 3 is 2.73 bits per heavy atom. The maximum atomic E-state index is 13.3. The summed E-state index contributed by atoms with van der Waals surface area (Å²) >= 11 is 5.68. The molecule has 1 aliphatic carbocycles. The second kappa shape index (κ2) is 9.52. The molecule has 2 aromatic rings. The standard InChI is InChI=1S/C24H30N4O4S/c29-19-14-17(23(31)25-8-9-27-10-12-32-13-11-27)21-20(22(19)30)26-24(33)28(21)18-7-3-5-15-4-1-2-6-16(15)18/h1-7,17,19-22,29-30H,8-14H2,(H,25,31)(H,26,33)/t17-,19-,20-,21+,22+/m1/s1. The lowest BCUT2D eigenvalue weighted by Gasteiger charge is -2.41. The summed E-state index contributed by atoms with van der Waals surface area (Å²) in [5.74, 6) is -0.647. The van der Waals surface area contributed by atoms with Crippen LogP contribution in [0.1, 0.15) is 6.42 Å². The first-order valence-electron chi connectivity index (χ1n) is 11.6. The van der Waals surface area contributed by atoms with Crippen LogP contribution in [0.4, 0.5) is 5.69 Å². The fraction of sp³-hybridized carbons (Fsp3) is 0.500. The van der Waals surface area contributed by atoms with Crippen molar-refractivity contribution in [3.05, 3.63) is 42.5 Å². The molecule has 2 saturated heterocycles. The van der Waals surface area contributed by atoms with Crippen molar-refractivity contribution in [2.24, 2.45) is 5.92 Å². The number of carbonyl (C=O) groups excluding carboxylic acids is 1. The Morgan fingerprint density at radius 2 is 1.91 bits per heavy atom. The number of anilines is 1. The number of morpholine rings is 1. The van der Waals surface area contributed by atoms with Crippen LogP contribution in [0, 0.1) is 5.92 Å². The van der Waals surface area contributed by atoms with Gasteiger partial charge in [0.2, 0.25) is 5.91 Å². The molecule has 5 atom stereocenters. The van der Waals surface area contributed by atoms with Gasteiger partial charge in [-0.2, -0.15) is 0 Å². The second-order valence-electron chi connectivity index (χ2n) is 8.98. The molecule has 0 aromatic heterocycles. The first kappa shape index (κ1) is 22.5. The Balaban J connectivity index is 1.40. The molecule has 0 unspecified atom stereocenters. The van der Waals surface area contributed by atoms with Crippen LogP contribution >= 0.6 is 12.2 Å². The zero-order valence-corrected chi connectivity index (χ0v) is 19.2. The Bertz CT molecular complexity index is 1030. The molecular weight excluding hydrogens is 440 g/mol. The number of hydrogen-bond donors (Lipinski definition) is 4. The van der Waals surface area contributed by atoms with E-state index in [0.29, 0.717) is 24.9 Å². The van der Waals surface area contributed by atoms with Gasteiger partial charge in [-0.25, -0.2) is 0 Å². The van der Waals surface area contributed by atoms with E-state index in [0.717, 1.165) is 36.1 Å². The SMILES string of the molecule is O=C(NCCN1CCOCC1)[C@@H]1C[C@@H](O)[C@H](O)[C@@H]2NC(=S)N(c3cccc4ccccc34)[C@H]21. The van der Waals surface area contributed by atoms with Gasteiger partial charge in [0, 0.05) is 31.6 Å². The summed E-state index contributed by atoms with van der Waals surface area (Å²) < 4.78 is 5.38. The van der Waals surface area contributed by atoms with Crippen molar-refractivity contribution in [2.75, 3.05) is 44.3 Å². The molecule has 0 radical (unpaired) electrons. The van der Waals surface area contributed by atoms with E-state index in [-0.39, 0.29) is 12.3 Å². The van der Waals surface area contributed by atoms with Gasteiger partial charge in [-0.05, 0) is 30.1 Å². The van der Waals surface area contributed by atoms with Gasteiger partial charge in [-0.1, -0.05) is 36.4 Å². The maximum absolute atomic E-state index is 13.3. The third-order valence-electron chi connectivity index (χ3n) is 7.04. The van der Waals surface area contributed by atoms with Crippen LogP contribution in [-0.2, 0) is 9.53 Å². The molecule has 2 aliphatic heterocycles. The number of amides is 1. The summed E-state index contributed by atoms with van der Waals surface area (Å²) in [5, 5.41) is 30.1. The molecule has 176 valence electrons. The van der Waals surface area contributed by atoms with Gasteiger partial charge in [-0.15, -0.1) is 0 Å². The molecular formula is C24H30N4O4S. The number of rotatable bonds is 5. The molecule has 4 N–H and O–H groups in total. The van der Waals surface area contributed by atoms with E-state index in [1.807, 2.05) is 47.4 Å². The molecule has 3 fully saturated rings. The van der Waals surface area contributed by atoms with Crippen LogP contribution in [0.2, 0.25) is 0 Å². The van der Waals surface area contributed by atoms with Gasteiger partial charge in [0.25, 0.3) is 0 Å². The lowest BCUT2D eigenvalue weighted by atomic mass is 9.77. The number of aliphatic hydroxyl groups excluding tert-OH is 2. The molecule has 9 heteroatoms. The van der Waals surface area contributed by atoms with Crippen molar-refractivity contribution in [1.82, 2.24) is 15.5 Å². The minimum Gasteiger partial charge on any atom is -0.390 e. The lowest BCUT2D eigenvalue weighted by molar-refractivity contribution is -0.131. The zero-order valence-electron chi connectivity index (χ0n) is 18.4. The summed E-state index contributed by atoms with van der Waals surface area (Å²) in [6, 6.07) is 13.1. The topological polar surface area (TPSA) is 97.3 Å². The first-order valence-corrected chi connectivity index (χ1v) is 12.0. The third kappa shape index (κ3) is 4.31. The summed E-state index contributed by atoms with van der Waals surface area (Å²) in [5.41, 5.74) is 0.896. The number of ether oxygens (including phenoxy) is 1. The van der Waals surface area contributed by atoms with E-state index in [2.05, 4.69) is 15.5 Å². The van der Waals surface area contributed by atoms with Crippen molar-refractivity contribution in [3.63, 3.8) is 0 Å². The van der Waals surface area contributed by atoms with Crippen molar-refractivity contribution in [1.29, 1.82) is 0 Å². The van der Waals surface area contributed by atoms with Crippen molar-refractivity contribution in [3.8, 4) is 0 Å². The van der Waals surface area contributed by atoms with E-state index in [1.54, 1.807) is 0 Å². The molecule has 1 amide bonds. The highest BCUT2D eigenvalue weighted by Gasteiger charge is 2.54. The average Bonchev–Trinajstić information content (AvgIpc) is 3.18. The molecule has 5 rings (SSSR count). The normalized spacial score (nSPS) is 30.2. The zero-order chi connectivity index (χ0) is 22.9. The minimum atomic E-state index is -1.01. The van der Waals surface area contributed by atoms with E-state index in [9.17, 15) is 15.0 Å². The summed E-state index contributed by atoms with van der Waals surface area (Å²) in [6.45, 7) is 4.44. The highest BCUT2D eigenvalue weighted by molar-refractivity contribution is 7.80. The van der Waals surface area contributed by atoms with Gasteiger partial charge in [-0.3, -0.25) is 9.69 Å². The summed E-state index contributed by atoms with van der Waals surface area (Å²) in [4.78, 5) is 17.6. The van der Waals surface area contributed by atoms with Crippen LogP contribution in [0.15, 0.2) is 42.5 Å². The molecule has 2 aromatic carbocycles. The molecule has 3 aliphatic rings. The monoisotopic (exact) mass is 470 g/mol. The molecule has 8 nitrogen and oxygen atoms in total. The van der Waals surface area contributed by atoms with E-state index in [4.69, 9.17) is 17.0 Å². The highest BCUT2D eigenvalue weighted by Crippen LogP contribution is 2.39. The molecule has 0 bridgehead atoms. The highest BCUT2D eigenvalue weighted by atomic mass is 32.1. The largest absolute Gasteiger partial charge is 0.390 e. The summed E-state index contributed by atoms with van der Waals surface area (Å²) in [7, 11) is 0. The van der Waals surface area contributed by atoms with Crippen molar-refractivity contribution in [2.45, 2.75) is 30.7 Å². The third-order valence-corrected chi connectivity index (χ3v) is 7.35. The van der Waals surface area contributed by atoms with Crippen molar-refractivity contribution >= 4 is 39.7 Å². The second-order valence-corrected chi connectivity index (χ2v) is 9.37. The van der Waals surface area contributed by atoms with Crippen molar-refractivity contribution < 1.29 is 19.7 Å². The van der Waals surface area contributed by atoms with Crippen LogP contribution in [0.25, 0.3) is 10.8 Å². The number of nitrogens with zero attached hydrogens (tertiary/aromatic N) is 2. The predicted molar refractivity (Wildman–Crippen MR) is 130 cm³/mol. The van der Waals surface area contributed by atoms with E-state index in [1.165, 1.54) is 0 Å². The molecule has 0 spiro atoms. The Kier molecular flexibility index (Phi) is 6.49. The number of thiocarbonyl (C=S) groups is 1. The molecule has 33 heavy (non-hydrogen) atoms. The fourth-order valence-electron chi connectivity index (χ4n) is 5.33. The summed E-state index contributed by atoms with van der Waals surface area (Å²) in [6.07, 6.45) is -1.83. The number of nitrogens with one attached hydrogen (secondary N) is 2. The number of benzene rings is 2. The lowest BCUT2D eigenvalue weighted by Crippen LogP contribution is -2.61. The maximum Gasteiger partial charge on any atom is 0.225 e. The number of hydrogen-bond acceptors (Lipinski definition) is 6.